The first kappa shape index (κ1) is 26.4. The first-order chi connectivity index (χ1) is 17.4. The minimum atomic E-state index is -0.331. The molecule has 36 heavy (non-hydrogen) atoms. The van der Waals surface area contributed by atoms with Crippen molar-refractivity contribution in [1.82, 2.24) is 4.90 Å². The van der Waals surface area contributed by atoms with Gasteiger partial charge in [-0.15, -0.1) is 0 Å². The van der Waals surface area contributed by atoms with Crippen LogP contribution in [0.1, 0.15) is 25.0 Å². The fourth-order valence-corrected chi connectivity index (χ4v) is 5.36. The molecule has 0 aromatic heterocycles. The SMILES string of the molecule is CCOc1cc(/C=C2/SC(=Nc3ccc(F)cc3)N(CC)C2=O)cc(Br)c1OCc1ccc(Br)cc1. The number of amidine groups is 1. The average Bonchev–Trinajstić information content (AvgIpc) is 3.14. The molecular formula is C27H23Br2FN2O3S. The summed E-state index contributed by atoms with van der Waals surface area (Å²) in [7, 11) is 0. The molecule has 4 rings (SSSR count). The quantitative estimate of drug-likeness (QED) is 0.236. The van der Waals surface area contributed by atoms with E-state index in [4.69, 9.17) is 9.47 Å². The Morgan fingerprint density at radius 1 is 1.03 bits per heavy atom. The monoisotopic (exact) mass is 632 g/mol. The number of amides is 1. The number of benzene rings is 3. The molecule has 1 fully saturated rings. The van der Waals surface area contributed by atoms with Gasteiger partial charge in [0.15, 0.2) is 16.7 Å². The predicted octanol–water partition coefficient (Wildman–Crippen LogP) is 7.95. The number of thioether (sulfide) groups is 1. The highest BCUT2D eigenvalue weighted by atomic mass is 79.9. The van der Waals surface area contributed by atoms with Crippen LogP contribution in [-0.4, -0.2) is 29.1 Å². The molecule has 1 aliphatic heterocycles. The lowest BCUT2D eigenvalue weighted by Gasteiger charge is -2.15. The molecule has 3 aromatic carbocycles. The summed E-state index contributed by atoms with van der Waals surface area (Å²) in [6.07, 6.45) is 1.81. The van der Waals surface area contributed by atoms with Gasteiger partial charge in [0.05, 0.1) is 21.7 Å². The van der Waals surface area contributed by atoms with Crippen LogP contribution in [0.5, 0.6) is 11.5 Å². The smallest absolute Gasteiger partial charge is 0.266 e. The molecule has 3 aromatic rings. The summed E-state index contributed by atoms with van der Waals surface area (Å²) >= 11 is 8.33. The molecule has 0 bridgehead atoms. The van der Waals surface area contributed by atoms with Crippen molar-refractivity contribution in [2.24, 2.45) is 4.99 Å². The first-order valence-electron chi connectivity index (χ1n) is 11.3. The number of carbonyl (C=O) groups excluding carboxylic acids is 1. The van der Waals surface area contributed by atoms with Crippen LogP contribution < -0.4 is 9.47 Å². The molecule has 1 aliphatic rings. The number of carbonyl (C=O) groups is 1. The van der Waals surface area contributed by atoms with E-state index < -0.39 is 0 Å². The zero-order valence-electron chi connectivity index (χ0n) is 19.6. The second-order valence-corrected chi connectivity index (χ2v) is 10.5. The number of likely N-dealkylation sites (N-methyl/N-ethyl adjacent to an activating group) is 1. The average molecular weight is 634 g/mol. The van der Waals surface area contributed by atoms with Gasteiger partial charge in [-0.2, -0.15) is 0 Å². The number of ether oxygens (including phenoxy) is 2. The van der Waals surface area contributed by atoms with Gasteiger partial charge in [-0.3, -0.25) is 9.69 Å². The van der Waals surface area contributed by atoms with Crippen molar-refractivity contribution < 1.29 is 18.7 Å². The molecule has 0 aliphatic carbocycles. The normalized spacial score (nSPS) is 15.7. The van der Waals surface area contributed by atoms with Crippen molar-refractivity contribution in [1.29, 1.82) is 0 Å². The summed E-state index contributed by atoms with van der Waals surface area (Å²) in [5, 5.41) is 0.555. The highest BCUT2D eigenvalue weighted by Crippen LogP contribution is 2.40. The second-order valence-electron chi connectivity index (χ2n) is 7.71. The van der Waals surface area contributed by atoms with Crippen LogP contribution in [0, 0.1) is 5.82 Å². The van der Waals surface area contributed by atoms with Crippen LogP contribution in [0.4, 0.5) is 10.1 Å². The van der Waals surface area contributed by atoms with E-state index in [1.54, 1.807) is 17.0 Å². The molecule has 9 heteroatoms. The Balaban J connectivity index is 1.60. The highest BCUT2D eigenvalue weighted by molar-refractivity contribution is 9.10. The molecule has 1 saturated heterocycles. The lowest BCUT2D eigenvalue weighted by Crippen LogP contribution is -2.28. The zero-order chi connectivity index (χ0) is 25.7. The number of hydrogen-bond donors (Lipinski definition) is 0. The van der Waals surface area contributed by atoms with E-state index in [1.807, 2.05) is 56.3 Å². The van der Waals surface area contributed by atoms with Crippen LogP contribution in [0.15, 0.2) is 79.5 Å². The molecule has 0 saturated carbocycles. The molecule has 1 heterocycles. The van der Waals surface area contributed by atoms with Crippen molar-refractivity contribution >= 4 is 66.5 Å². The van der Waals surface area contributed by atoms with Crippen LogP contribution in [0.25, 0.3) is 6.08 Å². The number of rotatable bonds is 8. The largest absolute Gasteiger partial charge is 0.490 e. The van der Waals surface area contributed by atoms with Gasteiger partial charge in [-0.25, -0.2) is 9.38 Å². The van der Waals surface area contributed by atoms with Crippen LogP contribution in [-0.2, 0) is 11.4 Å². The molecule has 0 N–H and O–H groups in total. The number of halogens is 3. The molecular weight excluding hydrogens is 611 g/mol. The van der Waals surface area contributed by atoms with Crippen molar-refractivity contribution in [3.8, 4) is 11.5 Å². The molecule has 1 amide bonds. The third kappa shape index (κ3) is 6.38. The van der Waals surface area contributed by atoms with Crippen molar-refractivity contribution in [3.05, 3.63) is 91.5 Å². The van der Waals surface area contributed by atoms with Gasteiger partial charge >= 0.3 is 0 Å². The van der Waals surface area contributed by atoms with E-state index in [0.29, 0.717) is 47.0 Å². The minimum Gasteiger partial charge on any atom is -0.490 e. The van der Waals surface area contributed by atoms with Crippen molar-refractivity contribution in [2.75, 3.05) is 13.2 Å². The highest BCUT2D eigenvalue weighted by Gasteiger charge is 2.32. The Morgan fingerprint density at radius 3 is 2.42 bits per heavy atom. The van der Waals surface area contributed by atoms with E-state index in [9.17, 15) is 9.18 Å². The van der Waals surface area contributed by atoms with Crippen molar-refractivity contribution in [2.45, 2.75) is 20.5 Å². The van der Waals surface area contributed by atoms with Crippen LogP contribution in [0.3, 0.4) is 0 Å². The standard InChI is InChI=1S/C27H23Br2FN2O3S/c1-3-32-26(33)24(36-27(32)31-21-11-9-20(30)10-12-21)15-18-13-22(29)25(23(14-18)34-4-2)35-16-17-5-7-19(28)8-6-17/h5-15H,3-4,16H2,1-2H3/b24-15+,31-27?. The second kappa shape index (κ2) is 12.1. The summed E-state index contributed by atoms with van der Waals surface area (Å²) < 4.78 is 26.9. The molecule has 0 spiro atoms. The zero-order valence-corrected chi connectivity index (χ0v) is 23.6. The summed E-state index contributed by atoms with van der Waals surface area (Å²) in [4.78, 5) is 19.8. The first-order valence-corrected chi connectivity index (χ1v) is 13.7. The van der Waals surface area contributed by atoms with E-state index in [-0.39, 0.29) is 11.7 Å². The van der Waals surface area contributed by atoms with Gasteiger partial charge in [-0.1, -0.05) is 28.1 Å². The third-order valence-corrected chi connectivity index (χ3v) is 7.31. The maximum Gasteiger partial charge on any atom is 0.266 e. The van der Waals surface area contributed by atoms with Gasteiger partial charge in [0.2, 0.25) is 0 Å². The van der Waals surface area contributed by atoms with Gasteiger partial charge in [0.25, 0.3) is 5.91 Å². The summed E-state index contributed by atoms with van der Waals surface area (Å²) in [5.74, 6) is 0.717. The van der Waals surface area contributed by atoms with E-state index in [1.165, 1.54) is 23.9 Å². The van der Waals surface area contributed by atoms with Gasteiger partial charge < -0.3 is 9.47 Å². The van der Waals surface area contributed by atoms with Crippen molar-refractivity contribution in [3.63, 3.8) is 0 Å². The molecule has 0 radical (unpaired) electrons. The molecule has 0 atom stereocenters. The number of aliphatic imine (C=N–C) groups is 1. The molecule has 0 unspecified atom stereocenters. The summed E-state index contributed by atoms with van der Waals surface area (Å²) in [6.45, 7) is 5.12. The summed E-state index contributed by atoms with van der Waals surface area (Å²) in [5.41, 5.74) is 2.40. The van der Waals surface area contributed by atoms with E-state index in [2.05, 4.69) is 36.9 Å². The maximum absolute atomic E-state index is 13.3. The Hall–Kier alpha value is -2.62. The van der Waals surface area contributed by atoms with E-state index in [0.717, 1.165) is 20.1 Å². The number of hydrogen-bond acceptors (Lipinski definition) is 5. The Kier molecular flexibility index (Phi) is 8.87. The molecule has 186 valence electrons. The molecule has 5 nitrogen and oxygen atoms in total. The van der Waals surface area contributed by atoms with Gasteiger partial charge in [-0.05, 0) is 107 Å². The Morgan fingerprint density at radius 2 is 1.75 bits per heavy atom. The fourth-order valence-electron chi connectivity index (χ4n) is 3.46. The Bertz CT molecular complexity index is 1310. The van der Waals surface area contributed by atoms with Gasteiger partial charge in [0, 0.05) is 11.0 Å². The lowest BCUT2D eigenvalue weighted by atomic mass is 10.1. The minimum absolute atomic E-state index is 0.131. The number of nitrogens with zero attached hydrogens (tertiary/aromatic N) is 2. The van der Waals surface area contributed by atoms with Crippen LogP contribution in [0.2, 0.25) is 0 Å². The van der Waals surface area contributed by atoms with Gasteiger partial charge in [0.1, 0.15) is 12.4 Å². The topological polar surface area (TPSA) is 51.1 Å². The third-order valence-electron chi connectivity index (χ3n) is 5.18. The predicted molar refractivity (Wildman–Crippen MR) is 150 cm³/mol. The fraction of sp³-hybridized carbons (Fsp3) is 0.185. The maximum atomic E-state index is 13.3. The summed E-state index contributed by atoms with van der Waals surface area (Å²) in [6, 6.07) is 17.5. The lowest BCUT2D eigenvalue weighted by molar-refractivity contribution is -0.122. The Labute approximate surface area is 230 Å². The van der Waals surface area contributed by atoms with Crippen LogP contribution >= 0.6 is 43.6 Å². The van der Waals surface area contributed by atoms with E-state index >= 15 is 0 Å².